The minimum atomic E-state index is -4.70. The molecule has 0 bridgehead atoms. The van der Waals surface area contributed by atoms with Crippen molar-refractivity contribution in [1.82, 2.24) is 0 Å². The van der Waals surface area contributed by atoms with E-state index in [4.69, 9.17) is 43.9 Å². The molecule has 37 heavy (non-hydrogen) atoms. The highest BCUT2D eigenvalue weighted by atomic mass is 14.4. The van der Waals surface area contributed by atoms with E-state index in [1.54, 1.807) is 0 Å². The predicted molar refractivity (Wildman–Crippen MR) is 162 cm³/mol. The van der Waals surface area contributed by atoms with Crippen LogP contribution >= 0.6 is 0 Å². The molecule has 0 unspecified atom stereocenters. The molecule has 0 radical (unpaired) electrons. The molecule has 0 aliphatic heterocycles. The molecule has 0 amide bonds. The average molecular weight is 532 g/mol. The molecule has 0 nitrogen and oxygen atoms in total. The van der Waals surface area contributed by atoms with Crippen LogP contribution in [0.5, 0.6) is 0 Å². The molecule has 196 valence electrons. The molecule has 3 aromatic carbocycles. The number of benzene rings is 3. The minimum absolute atomic E-state index is 0.160. The Morgan fingerprint density at radius 2 is 0.946 bits per heavy atom. The molecule has 0 spiro atoms. The van der Waals surface area contributed by atoms with Gasteiger partial charge in [-0.15, -0.1) is 0 Å². The molecule has 5 rings (SSSR count). The highest BCUT2D eigenvalue weighted by molar-refractivity contribution is 5.76. The van der Waals surface area contributed by atoms with Crippen molar-refractivity contribution in [2.75, 3.05) is 0 Å². The van der Waals surface area contributed by atoms with Crippen LogP contribution in [0, 0.1) is 0 Å². The Morgan fingerprint density at radius 1 is 0.568 bits per heavy atom. The van der Waals surface area contributed by atoms with Crippen molar-refractivity contribution < 1.29 is 53.5 Å². The Bertz CT molecular complexity index is 2620. The fraction of sp³-hybridized carbons (Fsp3) is 0.514. The zero-order chi connectivity index (χ0) is 60.2. The lowest BCUT2D eigenvalue weighted by atomic mass is 9.62. The first-order valence-electron chi connectivity index (χ1n) is 30.6. The number of hydrogen-bond acceptors (Lipinski definition) is 0. The quantitative estimate of drug-likeness (QED) is 0.315. The van der Waals surface area contributed by atoms with Crippen LogP contribution in [0.2, 0.25) is 0 Å². The monoisotopic (exact) mass is 532 g/mol. The molecular formula is C37H48. The van der Waals surface area contributed by atoms with Gasteiger partial charge >= 0.3 is 0 Å². The standard InChI is InChI=1S/C37H48/c1-24(2)27-19-28(25-11-13-30-32(22-25)36(7,8)17-15-34(30,3)4)21-29(20-27)26-12-14-31-33(23-26)37(9,10)18-16-35(31,5)6/h11-14,19-24H,15-18H2,1-10H3/i3D3,4D3,5D3,6D3,7D3,8D3,9D3,10D3,11D,12D,13D,14D,15D2,16D2,17D2,18D2,19D,20D,21D. The Kier molecular flexibility index (Phi) is 1.51. The van der Waals surface area contributed by atoms with E-state index in [2.05, 4.69) is 0 Å². The van der Waals surface area contributed by atoms with E-state index < -0.39 is 200 Å². The summed E-state index contributed by atoms with van der Waals surface area (Å²) < 4.78 is 344. The Balaban J connectivity index is 2.29. The van der Waals surface area contributed by atoms with Gasteiger partial charge in [-0.25, -0.2) is 0 Å². The minimum Gasteiger partial charge on any atom is -0.0587 e. The SMILES string of the molecule is [2H]c1c(-c2c([2H])c(-c3cc4c(c([2H])c3[2H])C(C([2H])([2H])[2H])(C([2H])([2H])[2H])C([2H])([2H])C([2H])([2H])C4(C([2H])([2H])[2H])C([2H])([2H])[2H])c([2H])c(C(C)C)c2[2H])cc2c(c1[2H])C(C([2H])([2H])[2H])(C([2H])([2H])[2H])C([2H])([2H])C([2H])([2H])C2(C([2H])([2H])[2H])C([2H])([2H])[2H]. The van der Waals surface area contributed by atoms with E-state index >= 15 is 0 Å². The molecule has 0 aromatic heterocycles. The van der Waals surface area contributed by atoms with Gasteiger partial charge < -0.3 is 0 Å². The zero-order valence-corrected chi connectivity index (χ0v) is 19.7. The third-order valence-electron chi connectivity index (χ3n) is 6.08. The van der Waals surface area contributed by atoms with E-state index in [0.717, 1.165) is 0 Å². The van der Waals surface area contributed by atoms with Crippen molar-refractivity contribution in [1.29, 1.82) is 0 Å². The average Bonchev–Trinajstić information content (AvgIpc) is 3.12. The molecule has 0 saturated heterocycles. The summed E-state index contributed by atoms with van der Waals surface area (Å²) in [4.78, 5) is 0. The Morgan fingerprint density at radius 3 is 1.30 bits per heavy atom. The van der Waals surface area contributed by atoms with Crippen molar-refractivity contribution >= 4 is 0 Å². The van der Waals surface area contributed by atoms with E-state index in [0.29, 0.717) is 0 Å². The van der Waals surface area contributed by atoms with Crippen molar-refractivity contribution in [3.8, 4) is 22.3 Å². The predicted octanol–water partition coefficient (Wildman–Crippen LogP) is 10.8. The summed E-state index contributed by atoms with van der Waals surface area (Å²) >= 11 is 0. The molecule has 0 saturated carbocycles. The fourth-order valence-electron chi connectivity index (χ4n) is 4.03. The lowest BCUT2D eigenvalue weighted by Gasteiger charge is -2.42. The maximum absolute atomic E-state index is 9.68. The van der Waals surface area contributed by atoms with Crippen molar-refractivity contribution in [2.45, 2.75) is 122 Å². The highest BCUT2D eigenvalue weighted by Crippen LogP contribution is 2.48. The van der Waals surface area contributed by atoms with Gasteiger partial charge in [0, 0.05) is 43.9 Å². The van der Waals surface area contributed by atoms with Crippen LogP contribution in [-0.4, -0.2) is 0 Å². The summed E-state index contributed by atoms with van der Waals surface area (Å²) in [6.45, 7) is -32.8. The molecule has 3 aromatic rings. The molecule has 2 aliphatic rings. The van der Waals surface area contributed by atoms with Gasteiger partial charge in [-0.05, 0) is 109 Å². The third kappa shape index (κ3) is 4.60. The molecule has 0 heteroatoms. The largest absolute Gasteiger partial charge is 0.0636 e. The van der Waals surface area contributed by atoms with Crippen LogP contribution in [0.1, 0.15) is 181 Å². The summed E-state index contributed by atoms with van der Waals surface area (Å²) in [7, 11) is 0. The first kappa shape index (κ1) is 6.51. The normalized spacial score (nSPS) is 44.5. The Labute approximate surface area is 281 Å². The third-order valence-corrected chi connectivity index (χ3v) is 6.08. The van der Waals surface area contributed by atoms with E-state index in [-0.39, 0.29) is 12.1 Å². The van der Waals surface area contributed by atoms with E-state index in [1.807, 2.05) is 0 Å². The summed E-state index contributed by atoms with van der Waals surface area (Å²) in [5.41, 5.74) is -30.4. The summed E-state index contributed by atoms with van der Waals surface area (Å²) in [5.74, 6) is -1.21. The van der Waals surface area contributed by atoms with Crippen molar-refractivity contribution in [3.05, 3.63) is 82.2 Å². The van der Waals surface area contributed by atoms with Crippen LogP contribution in [0.4, 0.5) is 0 Å². The zero-order valence-electron chi connectivity index (χ0n) is 58.7. The summed E-state index contributed by atoms with van der Waals surface area (Å²) in [6, 6.07) is -10.0. The van der Waals surface area contributed by atoms with Gasteiger partial charge in [0.25, 0.3) is 0 Å². The van der Waals surface area contributed by atoms with Crippen LogP contribution in [0.15, 0.2) is 54.4 Å². The van der Waals surface area contributed by atoms with Gasteiger partial charge in [-0.3, -0.25) is 0 Å². The second-order valence-corrected chi connectivity index (χ2v) is 9.39. The smallest absolute Gasteiger partial charge is 0.0587 e. The van der Waals surface area contributed by atoms with Crippen molar-refractivity contribution in [2.24, 2.45) is 0 Å². The maximum atomic E-state index is 9.68. The van der Waals surface area contributed by atoms with Gasteiger partial charge in [0.15, 0.2) is 0 Å². The number of fused-ring (bicyclic) bond motifs is 2. The lowest BCUT2D eigenvalue weighted by Crippen LogP contribution is -2.33. The molecule has 0 atom stereocenters. The molecule has 0 heterocycles. The fourth-order valence-corrected chi connectivity index (χ4v) is 4.03. The topological polar surface area (TPSA) is 0 Å². The molecule has 2 aliphatic carbocycles. The summed E-state index contributed by atoms with van der Waals surface area (Å²) in [6.07, 6.45) is -18.7. The molecule has 0 N–H and O–H groups in total. The van der Waals surface area contributed by atoms with Gasteiger partial charge in [-0.2, -0.15) is 0 Å². The first-order chi connectivity index (χ1) is 33.2. The van der Waals surface area contributed by atoms with Crippen LogP contribution < -0.4 is 0 Å². The number of hydrogen-bond donors (Lipinski definition) is 0. The van der Waals surface area contributed by atoms with Gasteiger partial charge in [-0.1, -0.05) is 117 Å². The summed E-state index contributed by atoms with van der Waals surface area (Å²) in [5, 5.41) is 0. The maximum Gasteiger partial charge on any atom is 0.0636 e. The van der Waals surface area contributed by atoms with Gasteiger partial charge in [0.2, 0.25) is 0 Å². The van der Waals surface area contributed by atoms with Crippen LogP contribution in [0.25, 0.3) is 22.3 Å². The Hall–Kier alpha value is -2.34. The molecular weight excluding hydrogens is 444 g/mol. The highest BCUT2D eigenvalue weighted by Gasteiger charge is 2.38. The van der Waals surface area contributed by atoms with E-state index in [9.17, 15) is 9.60 Å². The lowest BCUT2D eigenvalue weighted by molar-refractivity contribution is 0.332. The van der Waals surface area contributed by atoms with Crippen LogP contribution in [-0.2, 0) is 21.7 Å². The second kappa shape index (κ2) is 8.59. The second-order valence-electron chi connectivity index (χ2n) is 9.39. The number of rotatable bonds is 3. The van der Waals surface area contributed by atoms with E-state index in [1.165, 1.54) is 13.8 Å². The van der Waals surface area contributed by atoms with Gasteiger partial charge in [0.1, 0.15) is 0 Å². The van der Waals surface area contributed by atoms with Gasteiger partial charge in [0.05, 0.1) is 9.60 Å². The van der Waals surface area contributed by atoms with Crippen LogP contribution in [0.3, 0.4) is 0 Å². The van der Waals surface area contributed by atoms with Crippen molar-refractivity contribution in [3.63, 3.8) is 0 Å². The molecule has 0 fully saturated rings. The first-order valence-corrected chi connectivity index (χ1v) is 11.1.